The molecule has 0 aliphatic carbocycles. The maximum atomic E-state index is 13.5. The van der Waals surface area contributed by atoms with Gasteiger partial charge in [-0.25, -0.2) is 14.2 Å². The number of piperidine rings is 1. The van der Waals surface area contributed by atoms with Gasteiger partial charge in [0.15, 0.2) is 5.78 Å². The molecule has 5 aromatic rings. The second-order valence-corrected chi connectivity index (χ2v) is 15.1. The highest BCUT2D eigenvalue weighted by atomic mass is 16.2. The highest BCUT2D eigenvalue weighted by Gasteiger charge is 2.41. The molecule has 0 spiro atoms. The summed E-state index contributed by atoms with van der Waals surface area (Å²) in [6.07, 6.45) is 7.09. The van der Waals surface area contributed by atoms with Gasteiger partial charge in [-0.15, -0.1) is 0 Å². The van der Waals surface area contributed by atoms with Gasteiger partial charge in [0.25, 0.3) is 0 Å². The van der Waals surface area contributed by atoms with Crippen molar-refractivity contribution in [2.75, 3.05) is 17.2 Å². The Balaban J connectivity index is 0.971. The summed E-state index contributed by atoms with van der Waals surface area (Å²) in [5, 5.41) is 15.5. The monoisotopic (exact) mass is 669 g/mol. The summed E-state index contributed by atoms with van der Waals surface area (Å²) in [7, 11) is 0. The largest absolute Gasteiger partial charge is 0.324 e. The Kier molecular flexibility index (Phi) is 9.18. The van der Waals surface area contributed by atoms with E-state index in [1.54, 1.807) is 10.9 Å². The zero-order chi connectivity index (χ0) is 35.0. The van der Waals surface area contributed by atoms with E-state index in [9.17, 15) is 9.59 Å². The Labute approximate surface area is 294 Å². The van der Waals surface area contributed by atoms with Gasteiger partial charge in [-0.2, -0.15) is 10.2 Å². The van der Waals surface area contributed by atoms with Crippen molar-refractivity contribution in [2.24, 2.45) is 5.92 Å². The minimum atomic E-state index is -0.309. The first-order valence-corrected chi connectivity index (χ1v) is 17.8. The van der Waals surface area contributed by atoms with Gasteiger partial charge < -0.3 is 5.32 Å². The number of aromatic nitrogens is 4. The van der Waals surface area contributed by atoms with Crippen LogP contribution in [-0.4, -0.2) is 54.9 Å². The van der Waals surface area contributed by atoms with Gasteiger partial charge in [-0.05, 0) is 93.8 Å². The zero-order valence-corrected chi connectivity index (χ0v) is 29.7. The number of hydrogen-bond acceptors (Lipinski definition) is 5. The fourth-order valence-electron chi connectivity index (χ4n) is 7.68. The van der Waals surface area contributed by atoms with E-state index in [4.69, 9.17) is 5.10 Å². The standard InChI is InChI=1S/C41H47N7O2/c1-27-14-16-33(17-15-27)48-39(24-38(45-48)41(3,4)5)44-40(50)43-31-11-9-10-29(21-31)20-30-22-34-18-19-35(23-30)46(34)26-37(49)36-25-42-47(28(36)2)32-12-7-6-8-13-32/h6-17,21,24-25,30,34-35H,18-20,22-23,26H2,1-5H3,(H2,43,44,50). The molecule has 0 radical (unpaired) electrons. The minimum absolute atomic E-state index is 0.147. The van der Waals surface area contributed by atoms with Crippen LogP contribution in [0.1, 0.15) is 79.3 Å². The number of anilines is 2. The van der Waals surface area contributed by atoms with Gasteiger partial charge in [0.1, 0.15) is 5.82 Å². The Morgan fingerprint density at radius 2 is 1.52 bits per heavy atom. The number of Topliss-reactive ketones (excluding diaryl/α,β-unsaturated/α-hetero) is 1. The van der Waals surface area contributed by atoms with Crippen LogP contribution >= 0.6 is 0 Å². The highest BCUT2D eigenvalue weighted by molar-refractivity contribution is 5.99. The molecule has 7 rings (SSSR count). The summed E-state index contributed by atoms with van der Waals surface area (Å²) < 4.78 is 3.65. The molecule has 258 valence electrons. The van der Waals surface area contributed by atoms with Gasteiger partial charge in [0, 0.05) is 29.3 Å². The lowest BCUT2D eigenvalue weighted by Gasteiger charge is -2.38. The first-order valence-electron chi connectivity index (χ1n) is 17.8. The maximum Gasteiger partial charge on any atom is 0.324 e. The highest BCUT2D eigenvalue weighted by Crippen LogP contribution is 2.40. The van der Waals surface area contributed by atoms with Gasteiger partial charge in [0.05, 0.1) is 41.1 Å². The SMILES string of the molecule is Cc1ccc(-n2nc(C(C)(C)C)cc2NC(=O)Nc2cccc(CC3CC4CCC(C3)N4CC(=O)c3cnn(-c4ccccc4)c3C)c2)cc1. The minimum Gasteiger partial charge on any atom is -0.308 e. The van der Waals surface area contributed by atoms with Crippen molar-refractivity contribution in [2.45, 2.75) is 84.2 Å². The zero-order valence-electron chi connectivity index (χ0n) is 29.7. The first-order chi connectivity index (χ1) is 24.0. The fraction of sp³-hybridized carbons (Fsp3) is 0.366. The van der Waals surface area contributed by atoms with Gasteiger partial charge >= 0.3 is 6.03 Å². The van der Waals surface area contributed by atoms with Crippen LogP contribution in [-0.2, 0) is 11.8 Å². The Morgan fingerprint density at radius 3 is 2.22 bits per heavy atom. The number of carbonyl (C=O) groups is 2. The van der Waals surface area contributed by atoms with Crippen molar-refractivity contribution < 1.29 is 9.59 Å². The first kappa shape index (κ1) is 33.5. The van der Waals surface area contributed by atoms with Gasteiger partial charge in [-0.3, -0.25) is 15.0 Å². The average molecular weight is 670 g/mol. The van der Waals surface area contributed by atoms with Crippen molar-refractivity contribution in [3.05, 3.63) is 119 Å². The van der Waals surface area contributed by atoms with Crippen molar-refractivity contribution in [3.8, 4) is 11.4 Å². The van der Waals surface area contributed by atoms with E-state index in [0.29, 0.717) is 35.9 Å². The number of urea groups is 1. The van der Waals surface area contributed by atoms with Crippen LogP contribution in [0.4, 0.5) is 16.3 Å². The number of carbonyl (C=O) groups excluding carboxylic acids is 2. The lowest BCUT2D eigenvalue weighted by molar-refractivity contribution is 0.0744. The number of nitrogens with zero attached hydrogens (tertiary/aromatic N) is 5. The number of fused-ring (bicyclic) bond motifs is 2. The molecule has 2 saturated heterocycles. The van der Waals surface area contributed by atoms with Crippen LogP contribution in [0.3, 0.4) is 0 Å². The number of nitrogens with one attached hydrogen (secondary N) is 2. The molecule has 2 unspecified atom stereocenters. The van der Waals surface area contributed by atoms with Crippen molar-refractivity contribution in [3.63, 3.8) is 0 Å². The van der Waals surface area contributed by atoms with Crippen LogP contribution in [0.5, 0.6) is 0 Å². The third-order valence-electron chi connectivity index (χ3n) is 10.3. The van der Waals surface area contributed by atoms with Gasteiger partial charge in [0.2, 0.25) is 0 Å². The Bertz CT molecular complexity index is 1970. The summed E-state index contributed by atoms with van der Waals surface area (Å²) in [5.74, 6) is 1.30. The molecular weight excluding hydrogens is 622 g/mol. The maximum absolute atomic E-state index is 13.5. The van der Waals surface area contributed by atoms with E-state index in [1.807, 2.05) is 84.4 Å². The third kappa shape index (κ3) is 7.14. The van der Waals surface area contributed by atoms with Crippen LogP contribution in [0, 0.1) is 19.8 Å². The topological polar surface area (TPSA) is 97.1 Å². The predicted molar refractivity (Wildman–Crippen MR) is 199 cm³/mol. The Hall–Kier alpha value is -5.02. The van der Waals surface area contributed by atoms with Gasteiger partial charge in [-0.1, -0.05) is 68.8 Å². The van der Waals surface area contributed by atoms with E-state index >= 15 is 0 Å². The Morgan fingerprint density at radius 1 is 0.820 bits per heavy atom. The molecule has 2 aliphatic heterocycles. The number of ketones is 1. The van der Waals surface area contributed by atoms with E-state index in [2.05, 4.69) is 60.5 Å². The number of para-hydroxylation sites is 1. The third-order valence-corrected chi connectivity index (χ3v) is 10.3. The summed E-state index contributed by atoms with van der Waals surface area (Å²) in [4.78, 5) is 29.3. The average Bonchev–Trinajstić information content (AvgIpc) is 3.75. The molecular formula is C41H47N7O2. The molecule has 2 amide bonds. The summed E-state index contributed by atoms with van der Waals surface area (Å²) in [6, 6.07) is 28.7. The van der Waals surface area contributed by atoms with E-state index in [0.717, 1.165) is 66.1 Å². The molecule has 2 atom stereocenters. The van der Waals surface area contributed by atoms with Crippen molar-refractivity contribution in [1.82, 2.24) is 24.5 Å². The number of rotatable bonds is 9. The smallest absolute Gasteiger partial charge is 0.308 e. The molecule has 9 heteroatoms. The van der Waals surface area contributed by atoms with Crippen LogP contribution in [0.25, 0.3) is 11.4 Å². The molecule has 50 heavy (non-hydrogen) atoms. The molecule has 2 N–H and O–H groups in total. The lowest BCUT2D eigenvalue weighted by atomic mass is 9.85. The van der Waals surface area contributed by atoms with E-state index < -0.39 is 0 Å². The normalized spacial score (nSPS) is 19.0. The number of benzene rings is 3. The molecule has 0 saturated carbocycles. The molecule has 2 aliphatic rings. The molecule has 9 nitrogen and oxygen atoms in total. The fourth-order valence-corrected chi connectivity index (χ4v) is 7.68. The van der Waals surface area contributed by atoms with Crippen LogP contribution < -0.4 is 10.6 Å². The van der Waals surface area contributed by atoms with Crippen LogP contribution in [0.15, 0.2) is 91.1 Å². The second-order valence-electron chi connectivity index (χ2n) is 15.1. The summed E-state index contributed by atoms with van der Waals surface area (Å²) >= 11 is 0. The van der Waals surface area contributed by atoms with Crippen molar-refractivity contribution >= 4 is 23.3 Å². The molecule has 3 aromatic carbocycles. The van der Waals surface area contributed by atoms with E-state index in [-0.39, 0.29) is 17.2 Å². The quantitative estimate of drug-likeness (QED) is 0.154. The summed E-state index contributed by atoms with van der Waals surface area (Å²) in [6.45, 7) is 10.8. The molecule has 4 heterocycles. The number of hydrogen-bond donors (Lipinski definition) is 2. The predicted octanol–water partition coefficient (Wildman–Crippen LogP) is 8.28. The lowest BCUT2D eigenvalue weighted by Crippen LogP contribution is -2.45. The van der Waals surface area contributed by atoms with Crippen LogP contribution in [0.2, 0.25) is 0 Å². The molecule has 2 aromatic heterocycles. The van der Waals surface area contributed by atoms with E-state index in [1.165, 1.54) is 5.56 Å². The molecule has 2 fully saturated rings. The number of aryl methyl sites for hydroxylation is 1. The number of amides is 2. The molecule has 2 bridgehead atoms. The second kappa shape index (κ2) is 13.7. The summed E-state index contributed by atoms with van der Waals surface area (Å²) in [5.41, 5.74) is 7.30. The van der Waals surface area contributed by atoms with Crippen molar-refractivity contribution in [1.29, 1.82) is 0 Å².